The fraction of sp³-hybridized carbons (Fsp3) is 0.389. The molecule has 0 unspecified atom stereocenters. The minimum absolute atomic E-state index is 0. The Morgan fingerprint density at radius 2 is 2.12 bits per heavy atom. The summed E-state index contributed by atoms with van der Waals surface area (Å²) in [7, 11) is 2.07. The molecule has 6 nitrogen and oxygen atoms in total. The van der Waals surface area contributed by atoms with E-state index in [9.17, 15) is 0 Å². The SMILES string of the molecule is C=CCCCN(C)C(=NCc1ccc(-n2cncn2)cc1)NCC.I. The summed E-state index contributed by atoms with van der Waals surface area (Å²) in [5.74, 6) is 0.932. The molecule has 136 valence electrons. The van der Waals surface area contributed by atoms with Crippen molar-refractivity contribution >= 4 is 29.9 Å². The number of hydrogen-bond acceptors (Lipinski definition) is 3. The maximum absolute atomic E-state index is 4.73. The number of rotatable bonds is 8. The summed E-state index contributed by atoms with van der Waals surface area (Å²) in [4.78, 5) is 10.9. The van der Waals surface area contributed by atoms with Crippen LogP contribution < -0.4 is 5.32 Å². The number of aromatic nitrogens is 3. The Balaban J connectivity index is 0.00000312. The van der Waals surface area contributed by atoms with Gasteiger partial charge in [0.25, 0.3) is 0 Å². The van der Waals surface area contributed by atoms with Crippen LogP contribution in [-0.4, -0.2) is 45.8 Å². The summed E-state index contributed by atoms with van der Waals surface area (Å²) in [5.41, 5.74) is 2.16. The first-order valence-electron chi connectivity index (χ1n) is 8.29. The predicted molar refractivity (Wildman–Crippen MR) is 114 cm³/mol. The molecule has 0 fully saturated rings. The lowest BCUT2D eigenvalue weighted by Crippen LogP contribution is -2.39. The number of aliphatic imine (C=N–C) groups is 1. The van der Waals surface area contributed by atoms with Gasteiger partial charge >= 0.3 is 0 Å². The zero-order valence-electron chi connectivity index (χ0n) is 14.9. The Bertz CT molecular complexity index is 636. The number of benzene rings is 1. The molecule has 0 saturated heterocycles. The van der Waals surface area contributed by atoms with Crippen molar-refractivity contribution in [1.82, 2.24) is 25.0 Å². The van der Waals surface area contributed by atoms with Crippen molar-refractivity contribution in [3.05, 3.63) is 55.1 Å². The molecular formula is C18H27IN6. The molecule has 0 aliphatic rings. The van der Waals surface area contributed by atoms with Gasteiger partial charge in [0.05, 0.1) is 12.2 Å². The molecule has 2 aromatic rings. The summed E-state index contributed by atoms with van der Waals surface area (Å²) >= 11 is 0. The molecule has 0 amide bonds. The van der Waals surface area contributed by atoms with E-state index in [1.807, 2.05) is 18.2 Å². The molecule has 1 N–H and O–H groups in total. The smallest absolute Gasteiger partial charge is 0.193 e. The van der Waals surface area contributed by atoms with Crippen molar-refractivity contribution in [2.45, 2.75) is 26.3 Å². The van der Waals surface area contributed by atoms with E-state index in [4.69, 9.17) is 4.99 Å². The topological polar surface area (TPSA) is 58.3 Å². The van der Waals surface area contributed by atoms with Crippen LogP contribution in [0.15, 0.2) is 54.6 Å². The van der Waals surface area contributed by atoms with E-state index in [1.54, 1.807) is 11.0 Å². The highest BCUT2D eigenvalue weighted by molar-refractivity contribution is 14.0. The lowest BCUT2D eigenvalue weighted by molar-refractivity contribution is 0.470. The van der Waals surface area contributed by atoms with Crippen LogP contribution in [0.25, 0.3) is 5.69 Å². The molecule has 7 heteroatoms. The summed E-state index contributed by atoms with van der Waals surface area (Å²) in [6, 6.07) is 8.20. The molecule has 0 radical (unpaired) electrons. The van der Waals surface area contributed by atoms with Crippen molar-refractivity contribution in [2.75, 3.05) is 20.1 Å². The van der Waals surface area contributed by atoms with Gasteiger partial charge in [-0.2, -0.15) is 5.10 Å². The molecule has 0 aliphatic carbocycles. The highest BCUT2D eigenvalue weighted by Crippen LogP contribution is 2.09. The normalized spacial score (nSPS) is 10.9. The first-order valence-corrected chi connectivity index (χ1v) is 8.29. The summed E-state index contributed by atoms with van der Waals surface area (Å²) < 4.78 is 1.74. The number of nitrogens with zero attached hydrogens (tertiary/aromatic N) is 5. The molecule has 0 saturated carbocycles. The molecule has 25 heavy (non-hydrogen) atoms. The van der Waals surface area contributed by atoms with Gasteiger partial charge in [-0.3, -0.25) is 0 Å². The van der Waals surface area contributed by atoms with Crippen LogP contribution in [0.2, 0.25) is 0 Å². The molecule has 1 aromatic carbocycles. The van der Waals surface area contributed by atoms with Gasteiger partial charge in [0.2, 0.25) is 0 Å². The van der Waals surface area contributed by atoms with Gasteiger partial charge in [-0.25, -0.2) is 14.7 Å². The van der Waals surface area contributed by atoms with E-state index in [0.717, 1.165) is 43.1 Å². The van der Waals surface area contributed by atoms with Gasteiger partial charge in [-0.05, 0) is 37.5 Å². The van der Waals surface area contributed by atoms with E-state index in [2.05, 4.69) is 53.0 Å². The van der Waals surface area contributed by atoms with Gasteiger partial charge in [-0.1, -0.05) is 18.2 Å². The first kappa shape index (κ1) is 21.1. The first-order chi connectivity index (χ1) is 11.7. The van der Waals surface area contributed by atoms with Crippen LogP contribution in [-0.2, 0) is 6.54 Å². The standard InChI is InChI=1S/C18H26N6.HI/c1-4-6-7-12-23(3)18(20-5-2)21-13-16-8-10-17(11-9-16)24-15-19-14-22-24;/h4,8-11,14-15H,1,5-7,12-13H2,2-3H3,(H,20,21);1H. The van der Waals surface area contributed by atoms with E-state index in [0.29, 0.717) is 6.54 Å². The lowest BCUT2D eigenvalue weighted by Gasteiger charge is -2.21. The predicted octanol–water partition coefficient (Wildman–Crippen LogP) is 3.25. The number of nitrogens with one attached hydrogen (secondary N) is 1. The largest absolute Gasteiger partial charge is 0.357 e. The Kier molecular flexibility index (Phi) is 9.83. The maximum atomic E-state index is 4.73. The third-order valence-electron chi connectivity index (χ3n) is 3.63. The molecule has 0 bridgehead atoms. The second-order valence-corrected chi connectivity index (χ2v) is 5.53. The zero-order chi connectivity index (χ0) is 17.2. The summed E-state index contributed by atoms with van der Waals surface area (Å²) in [5, 5.41) is 7.47. The van der Waals surface area contributed by atoms with Gasteiger partial charge in [-0.15, -0.1) is 30.6 Å². The highest BCUT2D eigenvalue weighted by atomic mass is 127. The zero-order valence-corrected chi connectivity index (χ0v) is 17.3. The Labute approximate surface area is 167 Å². The molecule has 0 spiro atoms. The third-order valence-corrected chi connectivity index (χ3v) is 3.63. The van der Waals surface area contributed by atoms with E-state index >= 15 is 0 Å². The van der Waals surface area contributed by atoms with Crippen LogP contribution in [0, 0.1) is 0 Å². The van der Waals surface area contributed by atoms with E-state index in [-0.39, 0.29) is 24.0 Å². The summed E-state index contributed by atoms with van der Waals surface area (Å²) in [6.07, 6.45) is 7.27. The van der Waals surface area contributed by atoms with Crippen LogP contribution in [0.1, 0.15) is 25.3 Å². The minimum Gasteiger partial charge on any atom is -0.357 e. The second-order valence-electron chi connectivity index (χ2n) is 5.53. The Morgan fingerprint density at radius 3 is 2.72 bits per heavy atom. The van der Waals surface area contributed by atoms with E-state index < -0.39 is 0 Å². The van der Waals surface area contributed by atoms with Gasteiger partial charge in [0, 0.05) is 20.1 Å². The van der Waals surface area contributed by atoms with Crippen LogP contribution in [0.4, 0.5) is 0 Å². The quantitative estimate of drug-likeness (QED) is 0.219. The van der Waals surface area contributed by atoms with E-state index in [1.165, 1.54) is 6.33 Å². The molecule has 2 rings (SSSR count). The maximum Gasteiger partial charge on any atom is 0.193 e. The molecule has 0 atom stereocenters. The number of halogens is 1. The van der Waals surface area contributed by atoms with Gasteiger partial charge in [0.15, 0.2) is 5.96 Å². The Hall–Kier alpha value is -1.90. The average Bonchev–Trinajstić information content (AvgIpc) is 3.14. The van der Waals surface area contributed by atoms with Crippen molar-refractivity contribution in [1.29, 1.82) is 0 Å². The monoisotopic (exact) mass is 454 g/mol. The molecule has 1 aromatic heterocycles. The lowest BCUT2D eigenvalue weighted by atomic mass is 10.2. The van der Waals surface area contributed by atoms with Gasteiger partial charge < -0.3 is 10.2 Å². The van der Waals surface area contributed by atoms with Crippen molar-refractivity contribution in [2.24, 2.45) is 4.99 Å². The fourth-order valence-electron chi connectivity index (χ4n) is 2.31. The van der Waals surface area contributed by atoms with Crippen molar-refractivity contribution in [3.8, 4) is 5.69 Å². The second kappa shape index (κ2) is 11.6. The number of allylic oxidation sites excluding steroid dienone is 1. The highest BCUT2D eigenvalue weighted by Gasteiger charge is 2.05. The van der Waals surface area contributed by atoms with Crippen molar-refractivity contribution in [3.63, 3.8) is 0 Å². The average molecular weight is 454 g/mol. The number of guanidine groups is 1. The van der Waals surface area contributed by atoms with Gasteiger partial charge in [0.1, 0.15) is 12.7 Å². The third kappa shape index (κ3) is 6.85. The number of hydrogen-bond donors (Lipinski definition) is 1. The molecule has 0 aliphatic heterocycles. The number of unbranched alkanes of at least 4 members (excludes halogenated alkanes) is 1. The molecular weight excluding hydrogens is 427 g/mol. The summed E-state index contributed by atoms with van der Waals surface area (Å²) in [6.45, 7) is 8.31. The minimum atomic E-state index is 0. The Morgan fingerprint density at radius 1 is 1.36 bits per heavy atom. The molecule has 1 heterocycles. The van der Waals surface area contributed by atoms with Crippen molar-refractivity contribution < 1.29 is 0 Å². The van der Waals surface area contributed by atoms with Crippen LogP contribution in [0.5, 0.6) is 0 Å². The fourth-order valence-corrected chi connectivity index (χ4v) is 2.31. The van der Waals surface area contributed by atoms with Crippen LogP contribution >= 0.6 is 24.0 Å². The van der Waals surface area contributed by atoms with Crippen LogP contribution in [0.3, 0.4) is 0 Å².